The van der Waals surface area contributed by atoms with E-state index in [2.05, 4.69) is 45.4 Å². The van der Waals surface area contributed by atoms with Gasteiger partial charge in [-0.05, 0) is 37.6 Å². The van der Waals surface area contributed by atoms with E-state index >= 15 is 0 Å². The number of nitrogen functional groups attached to an aromatic ring is 1. The van der Waals surface area contributed by atoms with Gasteiger partial charge >= 0.3 is 0 Å². The Hall–Kier alpha value is -4.52. The monoisotopic (exact) mass is 474 g/mol. The minimum absolute atomic E-state index is 0.0132. The summed E-state index contributed by atoms with van der Waals surface area (Å²) in [6.07, 6.45) is 4.77. The Morgan fingerprint density at radius 2 is 1.92 bits per heavy atom. The maximum atomic E-state index is 13.0. The number of aromatic nitrogens is 4. The molecule has 2 N–H and O–H groups in total. The molecular formula is C29H26N6O. The van der Waals surface area contributed by atoms with E-state index in [0.717, 1.165) is 49.9 Å². The smallest absolute Gasteiger partial charge is 0.246 e. The van der Waals surface area contributed by atoms with E-state index < -0.39 is 0 Å². The zero-order chi connectivity index (χ0) is 25.0. The summed E-state index contributed by atoms with van der Waals surface area (Å²) in [5.74, 6) is 0.319. The van der Waals surface area contributed by atoms with Gasteiger partial charge in [-0.2, -0.15) is 0 Å². The van der Waals surface area contributed by atoms with Crippen molar-refractivity contribution in [1.82, 2.24) is 24.4 Å². The van der Waals surface area contributed by atoms with Crippen LogP contribution in [-0.2, 0) is 11.3 Å². The third-order valence-corrected chi connectivity index (χ3v) is 7.00. The first-order valence-corrected chi connectivity index (χ1v) is 12.0. The van der Waals surface area contributed by atoms with Crippen molar-refractivity contribution < 1.29 is 4.79 Å². The minimum atomic E-state index is -0.187. The van der Waals surface area contributed by atoms with Gasteiger partial charge in [-0.3, -0.25) is 9.78 Å². The Kier molecular flexibility index (Phi) is 5.07. The lowest BCUT2D eigenvalue weighted by molar-refractivity contribution is -0.130. The highest BCUT2D eigenvalue weighted by Crippen LogP contribution is 2.48. The van der Waals surface area contributed by atoms with E-state index in [4.69, 9.17) is 10.7 Å². The molecule has 0 aliphatic carbocycles. The van der Waals surface area contributed by atoms with E-state index in [-0.39, 0.29) is 18.0 Å². The first-order valence-electron chi connectivity index (χ1n) is 12.0. The fraction of sp³-hybridized carbons (Fsp3) is 0.172. The average Bonchev–Trinajstić information content (AvgIpc) is 3.24. The standard InChI is InChI=1S/C29H26N6O/c1-4-24(36)35(17(2)3)23-15-34-27(21-11-7-6-10-20(21)23)25(26-28(30)32-16-33-29(26)34)19-13-18-9-5-8-12-22(18)31-14-19/h4-14,16-17,23H,1,15H2,2-3H3,(H2,30,32,33)/t23-/m0/s1. The summed E-state index contributed by atoms with van der Waals surface area (Å²) in [6, 6.07) is 18.2. The SMILES string of the molecule is C=CC(=O)N(C(C)C)[C@H]1Cn2c(c(-c3cnc4ccccc4c3)c3c(N)ncnc32)-c2ccccc21. The summed E-state index contributed by atoms with van der Waals surface area (Å²) in [5, 5.41) is 1.84. The summed E-state index contributed by atoms with van der Waals surface area (Å²) in [6.45, 7) is 8.34. The summed E-state index contributed by atoms with van der Waals surface area (Å²) in [4.78, 5) is 28.6. The highest BCUT2D eigenvalue weighted by Gasteiger charge is 2.36. The van der Waals surface area contributed by atoms with Gasteiger partial charge in [0.1, 0.15) is 17.8 Å². The molecule has 0 radical (unpaired) electrons. The van der Waals surface area contributed by atoms with Crippen molar-refractivity contribution in [2.75, 3.05) is 5.73 Å². The van der Waals surface area contributed by atoms with Gasteiger partial charge in [-0.15, -0.1) is 0 Å². The number of carbonyl (C=O) groups excluding carboxylic acids is 1. The van der Waals surface area contributed by atoms with Crippen LogP contribution in [0, 0.1) is 0 Å². The molecule has 3 aromatic heterocycles. The Labute approximate surface area is 208 Å². The van der Waals surface area contributed by atoms with Crippen LogP contribution in [0.3, 0.4) is 0 Å². The van der Waals surface area contributed by atoms with Crippen LogP contribution in [0.2, 0.25) is 0 Å². The molecule has 2 aromatic carbocycles. The van der Waals surface area contributed by atoms with Crippen LogP contribution in [0.15, 0.2) is 79.8 Å². The second kappa shape index (κ2) is 8.30. The van der Waals surface area contributed by atoms with Gasteiger partial charge in [0, 0.05) is 40.9 Å². The van der Waals surface area contributed by atoms with Crippen molar-refractivity contribution in [3.05, 3.63) is 85.3 Å². The second-order valence-corrected chi connectivity index (χ2v) is 9.35. The molecule has 1 amide bonds. The number of nitrogens with two attached hydrogens (primary N) is 1. The molecule has 0 spiro atoms. The van der Waals surface area contributed by atoms with Gasteiger partial charge in [-0.25, -0.2) is 9.97 Å². The lowest BCUT2D eigenvalue weighted by atomic mass is 9.89. The molecule has 178 valence electrons. The molecule has 4 heterocycles. The quantitative estimate of drug-likeness (QED) is 0.354. The predicted octanol–water partition coefficient (Wildman–Crippen LogP) is 5.37. The molecule has 5 aromatic rings. The van der Waals surface area contributed by atoms with Crippen molar-refractivity contribution in [2.24, 2.45) is 0 Å². The van der Waals surface area contributed by atoms with Crippen molar-refractivity contribution in [3.63, 3.8) is 0 Å². The number of hydrogen-bond donors (Lipinski definition) is 1. The van der Waals surface area contributed by atoms with Crippen LogP contribution in [-0.4, -0.2) is 36.4 Å². The Balaban J connectivity index is 1.68. The van der Waals surface area contributed by atoms with E-state index in [1.807, 2.05) is 55.3 Å². The summed E-state index contributed by atoms with van der Waals surface area (Å²) in [5.41, 5.74) is 13.2. The zero-order valence-corrected chi connectivity index (χ0v) is 20.2. The van der Waals surface area contributed by atoms with Gasteiger partial charge in [-0.1, -0.05) is 49.0 Å². The number of anilines is 1. The molecule has 36 heavy (non-hydrogen) atoms. The summed E-state index contributed by atoms with van der Waals surface area (Å²) in [7, 11) is 0. The number of nitrogens with zero attached hydrogens (tertiary/aromatic N) is 5. The summed E-state index contributed by atoms with van der Waals surface area (Å²) < 4.78 is 2.18. The number of fused-ring (bicyclic) bond motifs is 6. The van der Waals surface area contributed by atoms with E-state index in [1.165, 1.54) is 12.4 Å². The highest BCUT2D eigenvalue weighted by atomic mass is 16.2. The fourth-order valence-electron chi connectivity index (χ4n) is 5.53. The number of rotatable bonds is 4. The molecule has 1 aliphatic rings. The largest absolute Gasteiger partial charge is 0.383 e. The number of pyridine rings is 1. The van der Waals surface area contributed by atoms with E-state index in [9.17, 15) is 4.79 Å². The molecular weight excluding hydrogens is 448 g/mol. The lowest BCUT2D eigenvalue weighted by Crippen LogP contribution is -2.42. The van der Waals surface area contributed by atoms with Crippen LogP contribution in [0.4, 0.5) is 5.82 Å². The maximum absolute atomic E-state index is 13.0. The number of para-hydroxylation sites is 1. The van der Waals surface area contributed by atoms with Crippen LogP contribution in [0.25, 0.3) is 44.3 Å². The molecule has 7 heteroatoms. The third-order valence-electron chi connectivity index (χ3n) is 7.00. The Morgan fingerprint density at radius 3 is 2.72 bits per heavy atom. The Morgan fingerprint density at radius 1 is 1.14 bits per heavy atom. The molecule has 0 unspecified atom stereocenters. The number of carbonyl (C=O) groups is 1. The molecule has 0 bridgehead atoms. The van der Waals surface area contributed by atoms with Crippen LogP contribution >= 0.6 is 0 Å². The van der Waals surface area contributed by atoms with Crippen LogP contribution in [0.1, 0.15) is 25.5 Å². The van der Waals surface area contributed by atoms with Gasteiger partial charge in [0.15, 0.2) is 0 Å². The molecule has 0 saturated heterocycles. The van der Waals surface area contributed by atoms with E-state index in [1.54, 1.807) is 0 Å². The average molecular weight is 475 g/mol. The fourth-order valence-corrected chi connectivity index (χ4v) is 5.53. The second-order valence-electron chi connectivity index (χ2n) is 9.35. The topological polar surface area (TPSA) is 89.9 Å². The Bertz CT molecular complexity index is 1670. The highest BCUT2D eigenvalue weighted by molar-refractivity contribution is 6.09. The van der Waals surface area contributed by atoms with Gasteiger partial charge in [0.05, 0.1) is 22.6 Å². The third kappa shape index (κ3) is 3.20. The van der Waals surface area contributed by atoms with Crippen LogP contribution in [0.5, 0.6) is 0 Å². The molecule has 1 aliphatic heterocycles. The number of hydrogen-bond acceptors (Lipinski definition) is 5. The first-order chi connectivity index (χ1) is 17.5. The maximum Gasteiger partial charge on any atom is 0.246 e. The van der Waals surface area contributed by atoms with Gasteiger partial charge < -0.3 is 15.2 Å². The molecule has 6 rings (SSSR count). The van der Waals surface area contributed by atoms with Crippen LogP contribution < -0.4 is 5.73 Å². The van der Waals surface area contributed by atoms with Gasteiger partial charge in [0.25, 0.3) is 0 Å². The zero-order valence-electron chi connectivity index (χ0n) is 20.2. The van der Waals surface area contributed by atoms with Crippen molar-refractivity contribution in [1.29, 1.82) is 0 Å². The minimum Gasteiger partial charge on any atom is -0.383 e. The van der Waals surface area contributed by atoms with Crippen molar-refractivity contribution in [3.8, 4) is 22.4 Å². The van der Waals surface area contributed by atoms with Gasteiger partial charge in [0.2, 0.25) is 5.91 Å². The summed E-state index contributed by atoms with van der Waals surface area (Å²) >= 11 is 0. The normalized spacial score (nSPS) is 14.6. The molecule has 0 fully saturated rings. The van der Waals surface area contributed by atoms with Crippen molar-refractivity contribution >= 4 is 33.7 Å². The van der Waals surface area contributed by atoms with Crippen molar-refractivity contribution in [2.45, 2.75) is 32.5 Å². The van der Waals surface area contributed by atoms with E-state index in [0.29, 0.717) is 12.4 Å². The lowest BCUT2D eigenvalue weighted by Gasteiger charge is -2.39. The molecule has 7 nitrogen and oxygen atoms in total. The molecule has 1 atom stereocenters. The number of benzene rings is 2. The molecule has 0 saturated carbocycles. The number of amides is 1. The predicted molar refractivity (Wildman–Crippen MR) is 143 cm³/mol. The first kappa shape index (κ1) is 22.0.